The Labute approximate surface area is 222 Å². The van der Waals surface area contributed by atoms with Gasteiger partial charge in [-0.25, -0.2) is 0 Å². The largest absolute Gasteiger partial charge is 0.309 e. The first-order chi connectivity index (χ1) is 18.3. The molecule has 0 bridgehead atoms. The van der Waals surface area contributed by atoms with Crippen LogP contribution in [0.5, 0.6) is 0 Å². The van der Waals surface area contributed by atoms with Gasteiger partial charge in [0.15, 0.2) is 0 Å². The van der Waals surface area contributed by atoms with Gasteiger partial charge in [0, 0.05) is 47.0 Å². The van der Waals surface area contributed by atoms with Crippen molar-refractivity contribution >= 4 is 90.9 Å². The van der Waals surface area contributed by atoms with Crippen molar-refractivity contribution in [2.45, 2.75) is 0 Å². The summed E-state index contributed by atoms with van der Waals surface area (Å²) in [7, 11) is 0. The number of anilines is 3. The van der Waals surface area contributed by atoms with E-state index in [0.29, 0.717) is 0 Å². The highest BCUT2D eigenvalue weighted by atomic mass is 32.1. The van der Waals surface area contributed by atoms with Crippen molar-refractivity contribution < 1.29 is 0 Å². The van der Waals surface area contributed by atoms with E-state index in [-0.39, 0.29) is 0 Å². The maximum Gasteiger partial charge on any atom is 0.0640 e. The van der Waals surface area contributed by atoms with E-state index in [2.05, 4.69) is 132 Å². The van der Waals surface area contributed by atoms with Crippen molar-refractivity contribution in [3.05, 3.63) is 127 Å². The molecule has 0 amide bonds. The first kappa shape index (κ1) is 21.0. The van der Waals surface area contributed by atoms with Crippen molar-refractivity contribution in [1.82, 2.24) is 0 Å². The van der Waals surface area contributed by atoms with Crippen LogP contribution in [-0.4, -0.2) is 0 Å². The zero-order valence-electron chi connectivity index (χ0n) is 19.9. The molecule has 2 heterocycles. The number of para-hydroxylation sites is 1. The van der Waals surface area contributed by atoms with E-state index in [1.165, 1.54) is 62.5 Å². The highest BCUT2D eigenvalue weighted by molar-refractivity contribution is 7.30. The van der Waals surface area contributed by atoms with Gasteiger partial charge in [0.1, 0.15) is 0 Å². The third-order valence-electron chi connectivity index (χ3n) is 7.23. The Balaban J connectivity index is 1.45. The molecule has 0 radical (unpaired) electrons. The van der Waals surface area contributed by atoms with Crippen LogP contribution in [0.3, 0.4) is 0 Å². The van der Waals surface area contributed by atoms with Gasteiger partial charge in [0.25, 0.3) is 0 Å². The van der Waals surface area contributed by atoms with E-state index in [1.54, 1.807) is 0 Å². The van der Waals surface area contributed by atoms with Gasteiger partial charge in [-0.2, -0.15) is 0 Å². The quantitative estimate of drug-likeness (QED) is 0.230. The number of fused-ring (bicyclic) bond motifs is 8. The molecule has 0 aliphatic heterocycles. The third-order valence-corrected chi connectivity index (χ3v) is 9.63. The van der Waals surface area contributed by atoms with Crippen molar-refractivity contribution in [1.29, 1.82) is 0 Å². The second-order valence-electron chi connectivity index (χ2n) is 9.37. The van der Waals surface area contributed by atoms with Crippen LogP contribution in [0.15, 0.2) is 127 Å². The van der Waals surface area contributed by atoms with Crippen LogP contribution in [0.1, 0.15) is 0 Å². The van der Waals surface area contributed by atoms with E-state index in [4.69, 9.17) is 0 Å². The second kappa shape index (κ2) is 8.17. The minimum atomic E-state index is 1.16. The molecule has 6 aromatic carbocycles. The molecule has 0 N–H and O–H groups in total. The Morgan fingerprint density at radius 2 is 1.19 bits per heavy atom. The van der Waals surface area contributed by atoms with Crippen LogP contribution in [-0.2, 0) is 0 Å². The Kier molecular flexibility index (Phi) is 4.63. The molecule has 0 aliphatic carbocycles. The number of nitrogens with zero attached hydrogens (tertiary/aromatic N) is 1. The first-order valence-electron chi connectivity index (χ1n) is 12.4. The molecule has 37 heavy (non-hydrogen) atoms. The fraction of sp³-hybridized carbons (Fsp3) is 0. The average Bonchev–Trinajstić information content (AvgIpc) is 3.52. The lowest BCUT2D eigenvalue weighted by Gasteiger charge is -2.26. The van der Waals surface area contributed by atoms with Gasteiger partial charge in [0.2, 0.25) is 0 Å². The van der Waals surface area contributed by atoms with Crippen molar-refractivity contribution in [3.8, 4) is 0 Å². The normalized spacial score (nSPS) is 11.8. The Hall–Kier alpha value is -4.18. The molecular formula is C34H21NS2. The van der Waals surface area contributed by atoms with E-state index in [1.807, 2.05) is 22.7 Å². The molecule has 0 fully saturated rings. The summed E-state index contributed by atoms with van der Waals surface area (Å²) < 4.78 is 5.40. The Morgan fingerprint density at radius 1 is 0.432 bits per heavy atom. The molecule has 0 atom stereocenters. The molecule has 0 saturated carbocycles. The standard InChI is InChI=1S/C34H21NS2/c1-2-11-24(12-3-1)35(25-18-17-22-9-4-5-10-23(22)21-25)29-15-8-14-26-27-19-20-31-32(34(27)37-33(26)29)28-13-6-7-16-30(28)36-31/h1-21H. The molecular weight excluding hydrogens is 487 g/mol. The summed E-state index contributed by atoms with van der Waals surface area (Å²) in [6.07, 6.45) is 0. The van der Waals surface area contributed by atoms with E-state index in [0.717, 1.165) is 5.69 Å². The number of thiophene rings is 2. The summed E-state index contributed by atoms with van der Waals surface area (Å²) in [5, 5.41) is 7.90. The van der Waals surface area contributed by atoms with Crippen LogP contribution in [0.25, 0.3) is 51.1 Å². The summed E-state index contributed by atoms with van der Waals surface area (Å²) in [5.41, 5.74) is 3.54. The summed E-state index contributed by atoms with van der Waals surface area (Å²) in [6.45, 7) is 0. The zero-order valence-corrected chi connectivity index (χ0v) is 21.5. The summed E-state index contributed by atoms with van der Waals surface area (Å²) in [4.78, 5) is 2.41. The summed E-state index contributed by atoms with van der Waals surface area (Å²) in [5.74, 6) is 0. The highest BCUT2D eigenvalue weighted by Gasteiger charge is 2.20. The molecule has 2 aromatic heterocycles. The highest BCUT2D eigenvalue weighted by Crippen LogP contribution is 2.48. The fourth-order valence-corrected chi connectivity index (χ4v) is 8.09. The molecule has 174 valence electrons. The minimum Gasteiger partial charge on any atom is -0.309 e. The smallest absolute Gasteiger partial charge is 0.0640 e. The second-order valence-corrected chi connectivity index (χ2v) is 11.5. The SMILES string of the molecule is c1ccc(N(c2ccc3ccccc3c2)c2cccc3c2sc2c3ccc3sc4ccccc4c32)cc1. The number of hydrogen-bond donors (Lipinski definition) is 0. The average molecular weight is 508 g/mol. The molecule has 3 heteroatoms. The molecule has 0 unspecified atom stereocenters. The lowest BCUT2D eigenvalue weighted by molar-refractivity contribution is 1.31. The van der Waals surface area contributed by atoms with Crippen LogP contribution >= 0.6 is 22.7 Å². The van der Waals surface area contributed by atoms with Gasteiger partial charge in [-0.3, -0.25) is 0 Å². The van der Waals surface area contributed by atoms with E-state index < -0.39 is 0 Å². The topological polar surface area (TPSA) is 3.24 Å². The van der Waals surface area contributed by atoms with Crippen LogP contribution in [0.4, 0.5) is 17.1 Å². The maximum absolute atomic E-state index is 2.41. The number of rotatable bonds is 3. The van der Waals surface area contributed by atoms with E-state index >= 15 is 0 Å². The molecule has 0 spiro atoms. The van der Waals surface area contributed by atoms with Crippen LogP contribution in [0.2, 0.25) is 0 Å². The van der Waals surface area contributed by atoms with Gasteiger partial charge < -0.3 is 4.90 Å². The van der Waals surface area contributed by atoms with Crippen molar-refractivity contribution in [2.75, 3.05) is 4.90 Å². The van der Waals surface area contributed by atoms with Gasteiger partial charge in [0.05, 0.1) is 10.4 Å². The van der Waals surface area contributed by atoms with Gasteiger partial charge in [-0.05, 0) is 53.2 Å². The fourth-order valence-electron chi connectivity index (χ4n) is 5.55. The maximum atomic E-state index is 2.41. The van der Waals surface area contributed by atoms with Gasteiger partial charge in [-0.15, -0.1) is 22.7 Å². The monoisotopic (exact) mass is 507 g/mol. The summed E-state index contributed by atoms with van der Waals surface area (Å²) >= 11 is 3.81. The van der Waals surface area contributed by atoms with E-state index in [9.17, 15) is 0 Å². The number of benzene rings is 6. The predicted octanol–water partition coefficient (Wildman–Crippen LogP) is 11.0. The molecule has 8 aromatic rings. The zero-order chi connectivity index (χ0) is 24.3. The number of hydrogen-bond acceptors (Lipinski definition) is 3. The molecule has 0 saturated heterocycles. The van der Waals surface area contributed by atoms with Crippen molar-refractivity contribution in [2.24, 2.45) is 0 Å². The molecule has 0 aliphatic rings. The van der Waals surface area contributed by atoms with Gasteiger partial charge in [-0.1, -0.05) is 84.9 Å². The molecule has 8 rings (SSSR count). The van der Waals surface area contributed by atoms with Crippen molar-refractivity contribution in [3.63, 3.8) is 0 Å². The summed E-state index contributed by atoms with van der Waals surface area (Å²) in [6, 6.07) is 46.3. The van der Waals surface area contributed by atoms with Crippen LogP contribution < -0.4 is 4.90 Å². The predicted molar refractivity (Wildman–Crippen MR) is 164 cm³/mol. The van der Waals surface area contributed by atoms with Gasteiger partial charge >= 0.3 is 0 Å². The Morgan fingerprint density at radius 3 is 2.11 bits per heavy atom. The lowest BCUT2D eigenvalue weighted by atomic mass is 10.1. The van der Waals surface area contributed by atoms with Crippen LogP contribution in [0, 0.1) is 0 Å². The minimum absolute atomic E-state index is 1.16. The Bertz CT molecular complexity index is 2100. The lowest BCUT2D eigenvalue weighted by Crippen LogP contribution is -2.09. The third kappa shape index (κ3) is 3.21. The molecule has 1 nitrogen and oxygen atoms in total. The first-order valence-corrected chi connectivity index (χ1v) is 14.1.